The second-order valence-corrected chi connectivity index (χ2v) is 9.16. The minimum absolute atomic E-state index is 0.106. The molecule has 2 aromatic carbocycles. The number of aliphatic hydroxyl groups excluding tert-OH is 1. The molecule has 2 aromatic rings. The van der Waals surface area contributed by atoms with Gasteiger partial charge in [-0.2, -0.15) is 0 Å². The van der Waals surface area contributed by atoms with Gasteiger partial charge in [0.1, 0.15) is 12.4 Å². The third-order valence-electron chi connectivity index (χ3n) is 6.30. The lowest BCUT2D eigenvalue weighted by atomic mass is 9.98. The van der Waals surface area contributed by atoms with E-state index in [0.29, 0.717) is 37.2 Å². The summed E-state index contributed by atoms with van der Waals surface area (Å²) in [6.45, 7) is 3.96. The maximum atomic E-state index is 13.2. The summed E-state index contributed by atoms with van der Waals surface area (Å²) in [5, 5.41) is 23.4. The third-order valence-corrected chi connectivity index (χ3v) is 6.30. The molecule has 1 aliphatic carbocycles. The molecule has 0 unspecified atom stereocenters. The van der Waals surface area contributed by atoms with Crippen molar-refractivity contribution in [3.05, 3.63) is 65.5 Å². The van der Waals surface area contributed by atoms with Crippen LogP contribution in [0, 0.1) is 11.7 Å². The first-order chi connectivity index (χ1) is 15.7. The fourth-order valence-electron chi connectivity index (χ4n) is 4.33. The van der Waals surface area contributed by atoms with Gasteiger partial charge in [0.2, 0.25) is 5.91 Å². The van der Waals surface area contributed by atoms with Gasteiger partial charge in [-0.25, -0.2) is 4.39 Å². The molecule has 0 heterocycles. The standard InChI is InChI=1S/C26H33FN2O4/c1-17(2)19-5-11-22(12-6-19)28-23-13-7-20(8-14-24(23)30)26(33)29(16-25(31)32)15-18-3-9-21(27)10-4-18/h3-6,9-12,17,20,23-24,28,30H,7-8,13-16H2,1-2H3,(H,31,32)/t20-,23+,24+/m1/s1. The second kappa shape index (κ2) is 11.3. The monoisotopic (exact) mass is 456 g/mol. The first kappa shape index (κ1) is 24.7. The first-order valence-electron chi connectivity index (χ1n) is 11.5. The van der Waals surface area contributed by atoms with Gasteiger partial charge >= 0.3 is 5.97 Å². The number of carboxylic acids is 1. The number of amides is 1. The Bertz CT molecular complexity index is 930. The number of aliphatic carboxylic acids is 1. The molecule has 178 valence electrons. The summed E-state index contributed by atoms with van der Waals surface area (Å²) in [5.41, 5.74) is 2.84. The van der Waals surface area contributed by atoms with Gasteiger partial charge in [0, 0.05) is 18.2 Å². The summed E-state index contributed by atoms with van der Waals surface area (Å²) in [6, 6.07) is 13.7. The van der Waals surface area contributed by atoms with Crippen molar-refractivity contribution in [3.63, 3.8) is 0 Å². The Hall–Kier alpha value is -2.93. The van der Waals surface area contributed by atoms with Crippen molar-refractivity contribution in [3.8, 4) is 0 Å². The quantitative estimate of drug-likeness (QED) is 0.513. The van der Waals surface area contributed by atoms with Crippen molar-refractivity contribution in [1.82, 2.24) is 4.90 Å². The van der Waals surface area contributed by atoms with Gasteiger partial charge in [0.25, 0.3) is 0 Å². The van der Waals surface area contributed by atoms with Crippen LogP contribution in [0.4, 0.5) is 10.1 Å². The van der Waals surface area contributed by atoms with Crippen molar-refractivity contribution >= 4 is 17.6 Å². The molecule has 0 spiro atoms. The molecule has 6 nitrogen and oxygen atoms in total. The number of anilines is 1. The lowest BCUT2D eigenvalue weighted by molar-refractivity contribution is -0.147. The molecule has 33 heavy (non-hydrogen) atoms. The molecule has 0 saturated heterocycles. The molecule has 3 atom stereocenters. The van der Waals surface area contributed by atoms with Gasteiger partial charge in [0.05, 0.1) is 12.1 Å². The van der Waals surface area contributed by atoms with Crippen LogP contribution in [-0.2, 0) is 16.1 Å². The van der Waals surface area contributed by atoms with Crippen molar-refractivity contribution < 1.29 is 24.2 Å². The summed E-state index contributed by atoms with van der Waals surface area (Å²) in [6.07, 6.45) is 1.50. The highest BCUT2D eigenvalue weighted by Crippen LogP contribution is 2.28. The van der Waals surface area contributed by atoms with Crippen LogP contribution in [0.2, 0.25) is 0 Å². The maximum Gasteiger partial charge on any atom is 0.323 e. The smallest absolute Gasteiger partial charge is 0.323 e. The van der Waals surface area contributed by atoms with Gasteiger partial charge in [-0.1, -0.05) is 38.1 Å². The molecule has 7 heteroatoms. The van der Waals surface area contributed by atoms with Gasteiger partial charge in [-0.3, -0.25) is 9.59 Å². The number of halogens is 1. The third kappa shape index (κ3) is 7.02. The zero-order valence-corrected chi connectivity index (χ0v) is 19.2. The molecular formula is C26H33FN2O4. The summed E-state index contributed by atoms with van der Waals surface area (Å²) >= 11 is 0. The van der Waals surface area contributed by atoms with Crippen molar-refractivity contribution in [2.45, 2.75) is 64.1 Å². The van der Waals surface area contributed by atoms with Crippen LogP contribution >= 0.6 is 0 Å². The predicted molar refractivity (Wildman–Crippen MR) is 125 cm³/mol. The number of carbonyl (C=O) groups excluding carboxylic acids is 1. The second-order valence-electron chi connectivity index (χ2n) is 9.16. The lowest BCUT2D eigenvalue weighted by Crippen LogP contribution is -2.39. The van der Waals surface area contributed by atoms with E-state index in [9.17, 15) is 24.2 Å². The van der Waals surface area contributed by atoms with E-state index in [0.717, 1.165) is 5.69 Å². The number of carboxylic acid groups (broad SMARTS) is 1. The SMILES string of the molecule is CC(C)c1ccc(N[C@H]2CC[C@@H](C(=O)N(CC(=O)O)Cc3ccc(F)cc3)CC[C@@H]2O)cc1. The van der Waals surface area contributed by atoms with Gasteiger partial charge in [0.15, 0.2) is 0 Å². The molecule has 1 fully saturated rings. The van der Waals surface area contributed by atoms with Gasteiger partial charge in [-0.05, 0) is 67.0 Å². The number of aliphatic hydroxyl groups is 1. The van der Waals surface area contributed by atoms with E-state index in [1.807, 2.05) is 12.1 Å². The fraction of sp³-hybridized carbons (Fsp3) is 0.462. The minimum Gasteiger partial charge on any atom is -0.480 e. The largest absolute Gasteiger partial charge is 0.480 e. The lowest BCUT2D eigenvalue weighted by Gasteiger charge is -2.26. The molecule has 1 saturated carbocycles. The number of carbonyl (C=O) groups is 2. The number of nitrogens with zero attached hydrogens (tertiary/aromatic N) is 1. The Balaban J connectivity index is 1.65. The van der Waals surface area contributed by atoms with E-state index in [1.165, 1.54) is 22.6 Å². The van der Waals surface area contributed by atoms with E-state index in [1.54, 1.807) is 12.1 Å². The van der Waals surface area contributed by atoms with Crippen LogP contribution in [0.25, 0.3) is 0 Å². The predicted octanol–water partition coefficient (Wildman–Crippen LogP) is 4.39. The highest BCUT2D eigenvalue weighted by Gasteiger charge is 2.32. The van der Waals surface area contributed by atoms with Crippen LogP contribution < -0.4 is 5.32 Å². The highest BCUT2D eigenvalue weighted by atomic mass is 19.1. The Kier molecular flexibility index (Phi) is 8.44. The molecule has 1 amide bonds. The number of hydrogen-bond acceptors (Lipinski definition) is 4. The minimum atomic E-state index is -1.09. The Labute approximate surface area is 194 Å². The van der Waals surface area contributed by atoms with E-state index >= 15 is 0 Å². The molecule has 0 aliphatic heterocycles. The van der Waals surface area contributed by atoms with Gasteiger partial charge in [-0.15, -0.1) is 0 Å². The van der Waals surface area contributed by atoms with E-state index < -0.39 is 18.6 Å². The summed E-state index contributed by atoms with van der Waals surface area (Å²) < 4.78 is 13.2. The number of benzene rings is 2. The number of hydrogen-bond donors (Lipinski definition) is 3. The van der Waals surface area contributed by atoms with Crippen molar-refractivity contribution in [2.75, 3.05) is 11.9 Å². The zero-order chi connectivity index (χ0) is 24.0. The molecule has 0 radical (unpaired) electrons. The Morgan fingerprint density at radius 3 is 2.27 bits per heavy atom. The average molecular weight is 457 g/mol. The summed E-state index contributed by atoms with van der Waals surface area (Å²) in [4.78, 5) is 25.9. The van der Waals surface area contributed by atoms with E-state index in [2.05, 4.69) is 31.3 Å². The molecule has 0 bridgehead atoms. The molecular weight excluding hydrogens is 423 g/mol. The topological polar surface area (TPSA) is 89.9 Å². The summed E-state index contributed by atoms with van der Waals surface area (Å²) in [7, 11) is 0. The fourth-order valence-corrected chi connectivity index (χ4v) is 4.33. The zero-order valence-electron chi connectivity index (χ0n) is 19.2. The highest BCUT2D eigenvalue weighted by molar-refractivity contribution is 5.83. The number of nitrogens with one attached hydrogen (secondary N) is 1. The van der Waals surface area contributed by atoms with Crippen LogP contribution in [0.3, 0.4) is 0 Å². The van der Waals surface area contributed by atoms with E-state index in [-0.39, 0.29) is 30.2 Å². The molecule has 0 aromatic heterocycles. The van der Waals surface area contributed by atoms with Crippen LogP contribution in [0.1, 0.15) is 56.6 Å². The molecule has 3 N–H and O–H groups in total. The first-order valence-corrected chi connectivity index (χ1v) is 11.5. The van der Waals surface area contributed by atoms with Crippen molar-refractivity contribution in [2.24, 2.45) is 5.92 Å². The van der Waals surface area contributed by atoms with Crippen LogP contribution in [0.15, 0.2) is 48.5 Å². The normalized spacial score (nSPS) is 20.8. The van der Waals surface area contributed by atoms with E-state index in [4.69, 9.17) is 0 Å². The summed E-state index contributed by atoms with van der Waals surface area (Å²) in [5.74, 6) is -1.64. The van der Waals surface area contributed by atoms with Gasteiger partial charge < -0.3 is 20.4 Å². The molecule has 1 aliphatic rings. The van der Waals surface area contributed by atoms with Crippen LogP contribution in [0.5, 0.6) is 0 Å². The van der Waals surface area contributed by atoms with Crippen molar-refractivity contribution in [1.29, 1.82) is 0 Å². The Morgan fingerprint density at radius 1 is 1.03 bits per heavy atom. The number of rotatable bonds is 8. The average Bonchev–Trinajstić information content (AvgIpc) is 2.96. The Morgan fingerprint density at radius 2 is 1.67 bits per heavy atom. The maximum absolute atomic E-state index is 13.2. The molecule has 3 rings (SSSR count). The van der Waals surface area contributed by atoms with Crippen LogP contribution in [-0.4, -0.2) is 45.7 Å².